The number of ether oxygens (including phenoxy) is 2. The summed E-state index contributed by atoms with van der Waals surface area (Å²) in [5, 5.41) is 3.40. The number of hydrogen-bond acceptors (Lipinski definition) is 4. The molecule has 0 saturated heterocycles. The van der Waals surface area contributed by atoms with Gasteiger partial charge in [0.1, 0.15) is 0 Å². The normalized spacial score (nSPS) is 10.5. The molecule has 4 nitrogen and oxygen atoms in total. The summed E-state index contributed by atoms with van der Waals surface area (Å²) in [4.78, 5) is 4.30. The van der Waals surface area contributed by atoms with Crippen LogP contribution in [0.1, 0.15) is 17.7 Å². The highest BCUT2D eigenvalue weighted by molar-refractivity contribution is 5.15. The highest BCUT2D eigenvalue weighted by Crippen LogP contribution is 2.07. The third-order valence-electron chi connectivity index (χ3n) is 3.05. The molecule has 21 heavy (non-hydrogen) atoms. The molecule has 0 unspecified atom stereocenters. The van der Waals surface area contributed by atoms with Crippen LogP contribution in [0.25, 0.3) is 0 Å². The first-order valence-electron chi connectivity index (χ1n) is 7.21. The number of methoxy groups -OCH3 is 1. The molecule has 112 valence electrons. The molecule has 0 spiro atoms. The summed E-state index contributed by atoms with van der Waals surface area (Å²) >= 11 is 0. The second-order valence-electron chi connectivity index (χ2n) is 4.74. The molecule has 0 radical (unpaired) electrons. The topological polar surface area (TPSA) is 43.4 Å². The highest BCUT2D eigenvalue weighted by atomic mass is 16.5. The Balaban J connectivity index is 1.54. The molecule has 1 aromatic carbocycles. The summed E-state index contributed by atoms with van der Waals surface area (Å²) in [6.07, 6.45) is 0.983. The maximum atomic E-state index is 5.61. The van der Waals surface area contributed by atoms with Crippen molar-refractivity contribution in [1.29, 1.82) is 0 Å². The van der Waals surface area contributed by atoms with Crippen LogP contribution in [0.5, 0.6) is 5.88 Å². The summed E-state index contributed by atoms with van der Waals surface area (Å²) in [6.45, 7) is 3.09. The molecule has 0 aliphatic rings. The van der Waals surface area contributed by atoms with Crippen molar-refractivity contribution in [2.75, 3.05) is 20.3 Å². The van der Waals surface area contributed by atoms with Gasteiger partial charge in [-0.25, -0.2) is 4.98 Å². The van der Waals surface area contributed by atoms with Gasteiger partial charge in [0.15, 0.2) is 0 Å². The lowest BCUT2D eigenvalue weighted by atomic mass is 10.2. The van der Waals surface area contributed by atoms with Gasteiger partial charge in [0.05, 0.1) is 19.4 Å². The Kier molecular flexibility index (Phi) is 6.71. The number of rotatable bonds is 9. The summed E-state index contributed by atoms with van der Waals surface area (Å²) in [7, 11) is 1.62. The molecular weight excluding hydrogens is 264 g/mol. The minimum atomic E-state index is 0.524. The van der Waals surface area contributed by atoms with Gasteiger partial charge >= 0.3 is 0 Å². The van der Waals surface area contributed by atoms with E-state index in [4.69, 9.17) is 9.47 Å². The average Bonchev–Trinajstić information content (AvgIpc) is 2.55. The van der Waals surface area contributed by atoms with Crippen molar-refractivity contribution in [3.05, 3.63) is 59.8 Å². The zero-order valence-corrected chi connectivity index (χ0v) is 12.4. The van der Waals surface area contributed by atoms with Crippen LogP contribution in [0.4, 0.5) is 0 Å². The maximum absolute atomic E-state index is 5.61. The molecule has 0 amide bonds. The molecule has 1 N–H and O–H groups in total. The Bertz CT molecular complexity index is 517. The van der Waals surface area contributed by atoms with E-state index < -0.39 is 0 Å². The largest absolute Gasteiger partial charge is 0.481 e. The van der Waals surface area contributed by atoms with E-state index in [1.165, 1.54) is 5.56 Å². The predicted molar refractivity (Wildman–Crippen MR) is 83.2 cm³/mol. The van der Waals surface area contributed by atoms with E-state index in [0.717, 1.165) is 31.8 Å². The molecule has 0 saturated carbocycles. The average molecular weight is 286 g/mol. The van der Waals surface area contributed by atoms with Gasteiger partial charge in [-0.3, -0.25) is 0 Å². The molecule has 4 heteroatoms. The number of benzene rings is 1. The van der Waals surface area contributed by atoms with Crippen molar-refractivity contribution < 1.29 is 9.47 Å². The van der Waals surface area contributed by atoms with Gasteiger partial charge in [-0.2, -0.15) is 0 Å². The molecule has 0 aliphatic heterocycles. The fourth-order valence-electron chi connectivity index (χ4n) is 1.96. The summed E-state index contributed by atoms with van der Waals surface area (Å²) in [5.41, 5.74) is 2.20. The van der Waals surface area contributed by atoms with Gasteiger partial charge in [-0.1, -0.05) is 36.4 Å². The number of aromatic nitrogens is 1. The van der Waals surface area contributed by atoms with Crippen molar-refractivity contribution in [2.24, 2.45) is 0 Å². The summed E-state index contributed by atoms with van der Waals surface area (Å²) < 4.78 is 10.7. The molecule has 1 heterocycles. The first-order valence-corrected chi connectivity index (χ1v) is 7.21. The Morgan fingerprint density at radius 1 is 1.05 bits per heavy atom. The van der Waals surface area contributed by atoms with Crippen LogP contribution in [-0.4, -0.2) is 25.2 Å². The standard InChI is InChI=1S/C17H22N2O2/c1-20-17-10-5-9-16(19-17)14-21-12-6-11-18-13-15-7-3-2-4-8-15/h2-5,7-10,18H,6,11-14H2,1H3. The SMILES string of the molecule is COc1cccc(COCCCNCc2ccccc2)n1. The number of nitrogens with one attached hydrogen (secondary N) is 1. The van der Waals surface area contributed by atoms with E-state index in [0.29, 0.717) is 12.5 Å². The van der Waals surface area contributed by atoms with Crippen molar-refractivity contribution in [3.63, 3.8) is 0 Å². The highest BCUT2D eigenvalue weighted by Gasteiger charge is 1.98. The van der Waals surface area contributed by atoms with Gasteiger partial charge in [0.25, 0.3) is 0 Å². The third kappa shape index (κ3) is 5.94. The zero-order chi connectivity index (χ0) is 14.8. The van der Waals surface area contributed by atoms with Gasteiger partial charge < -0.3 is 14.8 Å². The first kappa shape index (κ1) is 15.5. The Morgan fingerprint density at radius 3 is 2.71 bits per heavy atom. The van der Waals surface area contributed by atoms with E-state index in [9.17, 15) is 0 Å². The van der Waals surface area contributed by atoms with Crippen LogP contribution < -0.4 is 10.1 Å². The quantitative estimate of drug-likeness (QED) is 0.720. The molecule has 0 aliphatic carbocycles. The van der Waals surface area contributed by atoms with E-state index in [-0.39, 0.29) is 0 Å². The second kappa shape index (κ2) is 9.10. The number of pyridine rings is 1. The zero-order valence-electron chi connectivity index (χ0n) is 12.4. The lowest BCUT2D eigenvalue weighted by Crippen LogP contribution is -2.16. The van der Waals surface area contributed by atoms with Gasteiger partial charge in [0.2, 0.25) is 5.88 Å². The molecule has 2 rings (SSSR count). The lowest BCUT2D eigenvalue weighted by molar-refractivity contribution is 0.115. The van der Waals surface area contributed by atoms with Crippen LogP contribution in [0, 0.1) is 0 Å². The Labute approximate surface area is 126 Å². The fourth-order valence-corrected chi connectivity index (χ4v) is 1.96. The Hall–Kier alpha value is -1.91. The van der Waals surface area contributed by atoms with E-state index in [1.54, 1.807) is 7.11 Å². The minimum absolute atomic E-state index is 0.524. The molecule has 0 fully saturated rings. The predicted octanol–water partition coefficient (Wildman–Crippen LogP) is 2.79. The van der Waals surface area contributed by atoms with E-state index in [1.807, 2.05) is 24.3 Å². The first-order chi connectivity index (χ1) is 10.4. The van der Waals surface area contributed by atoms with Crippen molar-refractivity contribution in [1.82, 2.24) is 10.3 Å². The minimum Gasteiger partial charge on any atom is -0.481 e. The van der Waals surface area contributed by atoms with Crippen LogP contribution in [0.15, 0.2) is 48.5 Å². The van der Waals surface area contributed by atoms with Crippen LogP contribution >= 0.6 is 0 Å². The van der Waals surface area contributed by atoms with Crippen molar-refractivity contribution >= 4 is 0 Å². The molecular formula is C17H22N2O2. The van der Waals surface area contributed by atoms with E-state index in [2.05, 4.69) is 34.6 Å². The summed E-state index contributed by atoms with van der Waals surface area (Å²) in [5.74, 6) is 0.626. The maximum Gasteiger partial charge on any atom is 0.213 e. The molecule has 0 bridgehead atoms. The van der Waals surface area contributed by atoms with Crippen molar-refractivity contribution in [3.8, 4) is 5.88 Å². The smallest absolute Gasteiger partial charge is 0.213 e. The number of hydrogen-bond donors (Lipinski definition) is 1. The van der Waals surface area contributed by atoms with Crippen molar-refractivity contribution in [2.45, 2.75) is 19.6 Å². The summed E-state index contributed by atoms with van der Waals surface area (Å²) in [6, 6.07) is 16.1. The van der Waals surface area contributed by atoms with Gasteiger partial charge in [-0.05, 0) is 24.6 Å². The lowest BCUT2D eigenvalue weighted by Gasteiger charge is -2.07. The van der Waals surface area contributed by atoms with Gasteiger partial charge in [-0.15, -0.1) is 0 Å². The third-order valence-corrected chi connectivity index (χ3v) is 3.05. The van der Waals surface area contributed by atoms with E-state index >= 15 is 0 Å². The monoisotopic (exact) mass is 286 g/mol. The molecule has 2 aromatic rings. The van der Waals surface area contributed by atoms with Crippen LogP contribution in [0.2, 0.25) is 0 Å². The Morgan fingerprint density at radius 2 is 1.90 bits per heavy atom. The fraction of sp³-hybridized carbons (Fsp3) is 0.353. The van der Waals surface area contributed by atoms with Crippen LogP contribution in [-0.2, 0) is 17.9 Å². The molecule has 0 atom stereocenters. The van der Waals surface area contributed by atoms with Crippen LogP contribution in [0.3, 0.4) is 0 Å². The van der Waals surface area contributed by atoms with Gasteiger partial charge in [0, 0.05) is 19.2 Å². The number of nitrogens with zero attached hydrogens (tertiary/aromatic N) is 1. The second-order valence-corrected chi connectivity index (χ2v) is 4.74. The molecule has 1 aromatic heterocycles.